The van der Waals surface area contributed by atoms with E-state index in [0.29, 0.717) is 34.8 Å². The summed E-state index contributed by atoms with van der Waals surface area (Å²) < 4.78 is 27.4. The van der Waals surface area contributed by atoms with E-state index >= 15 is 0 Å². The van der Waals surface area contributed by atoms with Crippen LogP contribution >= 0.6 is 24.0 Å². The zero-order valence-electron chi connectivity index (χ0n) is 15.6. The average Bonchev–Trinajstić information content (AvgIpc) is 3.01. The molecule has 1 aromatic carbocycles. The lowest BCUT2D eigenvalue weighted by atomic mass is 9.94. The standard InChI is InChI=1S/C20H20ClF2N3O2.ClH/c1-10-17(16(21)6-7-26(10)28)11-2-4-13(5-3-11)25-19(27)18(24)12-8-14-15(9-12)20(14,22)23;/h2-7,12,14-15,18H,8-9,24H2,1H3,(H,25,27);1H/t12?,14-,15+,18?;. The number of aromatic nitrogens is 1. The molecule has 5 nitrogen and oxygen atoms in total. The third-order valence-electron chi connectivity index (χ3n) is 6.02. The normalized spacial score (nSPS) is 24.9. The van der Waals surface area contributed by atoms with E-state index in [1.54, 1.807) is 31.2 Å². The second-order valence-electron chi connectivity index (χ2n) is 7.66. The zero-order chi connectivity index (χ0) is 20.2. The van der Waals surface area contributed by atoms with Crippen molar-refractivity contribution in [3.63, 3.8) is 0 Å². The number of halogens is 4. The molecule has 2 aliphatic rings. The van der Waals surface area contributed by atoms with Crippen molar-refractivity contribution in [1.82, 2.24) is 0 Å². The maximum Gasteiger partial charge on any atom is 0.254 e. The molecule has 156 valence electrons. The van der Waals surface area contributed by atoms with Crippen LogP contribution in [-0.2, 0) is 4.79 Å². The van der Waals surface area contributed by atoms with Gasteiger partial charge in [-0.25, -0.2) is 8.78 Å². The molecule has 1 aromatic heterocycles. The first-order valence-electron chi connectivity index (χ1n) is 9.13. The van der Waals surface area contributed by atoms with Crippen molar-refractivity contribution in [2.75, 3.05) is 5.32 Å². The second-order valence-corrected chi connectivity index (χ2v) is 8.07. The Hall–Kier alpha value is -1.96. The predicted octanol–water partition coefficient (Wildman–Crippen LogP) is 3.93. The first-order valence-corrected chi connectivity index (χ1v) is 9.51. The van der Waals surface area contributed by atoms with Crippen LogP contribution in [0.25, 0.3) is 11.1 Å². The molecule has 9 heteroatoms. The van der Waals surface area contributed by atoms with Gasteiger partial charge in [0, 0.05) is 30.5 Å². The van der Waals surface area contributed by atoms with Gasteiger partial charge in [0.05, 0.1) is 16.6 Å². The Bertz CT molecular complexity index is 926. The van der Waals surface area contributed by atoms with Gasteiger partial charge in [-0.05, 0) is 36.5 Å². The van der Waals surface area contributed by atoms with Crippen LogP contribution in [0.5, 0.6) is 0 Å². The molecule has 0 radical (unpaired) electrons. The Balaban J connectivity index is 0.00000240. The number of anilines is 1. The fourth-order valence-corrected chi connectivity index (χ4v) is 4.57. The largest absolute Gasteiger partial charge is 0.618 e. The van der Waals surface area contributed by atoms with Crippen LogP contribution in [0.3, 0.4) is 0 Å². The Morgan fingerprint density at radius 1 is 1.28 bits per heavy atom. The maximum absolute atomic E-state index is 13.3. The summed E-state index contributed by atoms with van der Waals surface area (Å²) in [5.41, 5.74) is 8.39. The number of alkyl halides is 2. The van der Waals surface area contributed by atoms with E-state index in [2.05, 4.69) is 5.32 Å². The molecule has 0 spiro atoms. The minimum absolute atomic E-state index is 0. The highest BCUT2D eigenvalue weighted by Crippen LogP contribution is 2.66. The Labute approximate surface area is 178 Å². The van der Waals surface area contributed by atoms with Crippen LogP contribution in [0.4, 0.5) is 14.5 Å². The minimum Gasteiger partial charge on any atom is -0.618 e. The third-order valence-corrected chi connectivity index (χ3v) is 6.33. The van der Waals surface area contributed by atoms with E-state index in [4.69, 9.17) is 17.3 Å². The van der Waals surface area contributed by atoms with E-state index in [1.807, 2.05) is 0 Å². The molecule has 0 aliphatic heterocycles. The Morgan fingerprint density at radius 2 is 1.86 bits per heavy atom. The van der Waals surface area contributed by atoms with Crippen molar-refractivity contribution in [1.29, 1.82) is 0 Å². The summed E-state index contributed by atoms with van der Waals surface area (Å²) in [6.45, 7) is 1.68. The van der Waals surface area contributed by atoms with Gasteiger partial charge >= 0.3 is 0 Å². The lowest BCUT2D eigenvalue weighted by Gasteiger charge is -2.21. The van der Waals surface area contributed by atoms with Crippen LogP contribution in [0.15, 0.2) is 36.5 Å². The van der Waals surface area contributed by atoms with Gasteiger partial charge in [0.15, 0.2) is 11.9 Å². The highest BCUT2D eigenvalue weighted by molar-refractivity contribution is 6.33. The number of pyridine rings is 1. The number of carbonyl (C=O) groups is 1. The lowest BCUT2D eigenvalue weighted by molar-refractivity contribution is -0.611. The molecule has 4 rings (SSSR count). The SMILES string of the molecule is Cc1c(-c2ccc(NC(=O)C(N)C3C[C@@H]4[C@H](C3)C4(F)F)cc2)c(Cl)cc[n+]1[O-].Cl. The second kappa shape index (κ2) is 7.70. The van der Waals surface area contributed by atoms with E-state index in [-0.39, 0.29) is 24.2 Å². The lowest BCUT2D eigenvalue weighted by Crippen LogP contribution is -2.42. The molecule has 2 unspecified atom stereocenters. The van der Waals surface area contributed by atoms with Gasteiger partial charge in [-0.15, -0.1) is 12.4 Å². The number of hydrogen-bond acceptors (Lipinski definition) is 3. The predicted molar refractivity (Wildman–Crippen MR) is 109 cm³/mol. The quantitative estimate of drug-likeness (QED) is 0.554. The number of nitrogens with one attached hydrogen (secondary N) is 1. The number of rotatable bonds is 4. The van der Waals surface area contributed by atoms with E-state index in [9.17, 15) is 18.8 Å². The molecule has 2 fully saturated rings. The highest BCUT2D eigenvalue weighted by atomic mass is 35.5. The maximum atomic E-state index is 13.3. The molecular formula is C20H21Cl2F2N3O2. The number of amides is 1. The topological polar surface area (TPSA) is 82.1 Å². The van der Waals surface area contributed by atoms with Crippen LogP contribution < -0.4 is 15.8 Å². The first-order chi connectivity index (χ1) is 13.2. The highest BCUT2D eigenvalue weighted by Gasteiger charge is 2.72. The van der Waals surface area contributed by atoms with Crippen molar-refractivity contribution in [2.45, 2.75) is 31.7 Å². The molecule has 0 saturated heterocycles. The number of hydrogen-bond donors (Lipinski definition) is 2. The van der Waals surface area contributed by atoms with Crippen molar-refractivity contribution in [3.05, 3.63) is 52.5 Å². The molecule has 3 N–H and O–H groups in total. The summed E-state index contributed by atoms with van der Waals surface area (Å²) in [7, 11) is 0. The van der Waals surface area contributed by atoms with Crippen LogP contribution in [0.1, 0.15) is 18.5 Å². The van der Waals surface area contributed by atoms with Crippen molar-refractivity contribution >= 4 is 35.6 Å². The number of carbonyl (C=O) groups excluding carboxylic acids is 1. The van der Waals surface area contributed by atoms with Gasteiger partial charge < -0.3 is 16.3 Å². The third kappa shape index (κ3) is 3.79. The van der Waals surface area contributed by atoms with E-state index in [1.165, 1.54) is 12.3 Å². The van der Waals surface area contributed by atoms with Gasteiger partial charge in [0.2, 0.25) is 5.91 Å². The first kappa shape index (κ1) is 21.7. The average molecular weight is 444 g/mol. The van der Waals surface area contributed by atoms with Gasteiger partial charge in [0.25, 0.3) is 5.92 Å². The number of fused-ring (bicyclic) bond motifs is 1. The van der Waals surface area contributed by atoms with Crippen LogP contribution in [-0.4, -0.2) is 17.9 Å². The molecule has 2 aliphatic carbocycles. The molecule has 4 atom stereocenters. The smallest absolute Gasteiger partial charge is 0.254 e. The summed E-state index contributed by atoms with van der Waals surface area (Å²) in [4.78, 5) is 12.4. The van der Waals surface area contributed by atoms with Gasteiger partial charge in [-0.3, -0.25) is 4.79 Å². The van der Waals surface area contributed by atoms with E-state index in [0.717, 1.165) is 10.3 Å². The molecule has 0 bridgehead atoms. The number of benzene rings is 1. The van der Waals surface area contributed by atoms with Gasteiger partial charge in [-0.2, -0.15) is 4.73 Å². The fourth-order valence-electron chi connectivity index (χ4n) is 4.26. The summed E-state index contributed by atoms with van der Waals surface area (Å²) in [5, 5.41) is 15.0. The Kier molecular flexibility index (Phi) is 5.77. The molecule has 1 heterocycles. The molecule has 2 saturated carbocycles. The Morgan fingerprint density at radius 3 is 2.45 bits per heavy atom. The summed E-state index contributed by atoms with van der Waals surface area (Å²) in [6, 6.07) is 7.60. The summed E-state index contributed by atoms with van der Waals surface area (Å²) in [5.74, 6) is -4.39. The van der Waals surface area contributed by atoms with Crippen molar-refractivity contribution in [3.8, 4) is 11.1 Å². The van der Waals surface area contributed by atoms with Crippen LogP contribution in [0, 0.1) is 29.9 Å². The summed E-state index contributed by atoms with van der Waals surface area (Å²) >= 11 is 6.22. The minimum atomic E-state index is -2.57. The van der Waals surface area contributed by atoms with Crippen molar-refractivity contribution in [2.24, 2.45) is 23.5 Å². The molecule has 29 heavy (non-hydrogen) atoms. The summed E-state index contributed by atoms with van der Waals surface area (Å²) in [6.07, 6.45) is 1.94. The van der Waals surface area contributed by atoms with E-state index < -0.39 is 23.8 Å². The molecule has 1 amide bonds. The fraction of sp³-hybridized carbons (Fsp3) is 0.400. The molecule has 2 aromatic rings. The number of nitrogens with two attached hydrogens (primary N) is 1. The van der Waals surface area contributed by atoms with Crippen molar-refractivity contribution < 1.29 is 18.3 Å². The van der Waals surface area contributed by atoms with Crippen LogP contribution in [0.2, 0.25) is 5.02 Å². The van der Waals surface area contributed by atoms with Gasteiger partial charge in [-0.1, -0.05) is 23.7 Å². The monoisotopic (exact) mass is 443 g/mol. The zero-order valence-corrected chi connectivity index (χ0v) is 17.1. The molecular weight excluding hydrogens is 423 g/mol. The van der Waals surface area contributed by atoms with Gasteiger partial charge in [0.1, 0.15) is 0 Å². The number of nitrogens with zero attached hydrogens (tertiary/aromatic N) is 1.